The Hall–Kier alpha value is -1.59. The third-order valence-electron chi connectivity index (χ3n) is 4.30. The van der Waals surface area contributed by atoms with E-state index in [0.29, 0.717) is 11.9 Å². The van der Waals surface area contributed by atoms with Crippen molar-refractivity contribution in [2.45, 2.75) is 19.4 Å². The van der Waals surface area contributed by atoms with Gasteiger partial charge in [-0.2, -0.15) is 4.37 Å². The van der Waals surface area contributed by atoms with E-state index in [1.54, 1.807) is 0 Å². The maximum absolute atomic E-state index is 6.14. The lowest BCUT2D eigenvalue weighted by molar-refractivity contribution is 0.214. The number of likely N-dealkylation sites (N-methyl/N-ethyl adjacent to an activating group) is 1. The number of aromatic nitrogens is 1. The van der Waals surface area contributed by atoms with E-state index in [0.717, 1.165) is 30.8 Å². The van der Waals surface area contributed by atoms with Crippen molar-refractivity contribution in [3.63, 3.8) is 0 Å². The summed E-state index contributed by atoms with van der Waals surface area (Å²) in [7, 11) is 2.21. The van der Waals surface area contributed by atoms with Crippen molar-refractivity contribution in [2.24, 2.45) is 0 Å². The van der Waals surface area contributed by atoms with Crippen LogP contribution >= 0.6 is 11.5 Å². The molecule has 1 aromatic heterocycles. The van der Waals surface area contributed by atoms with Gasteiger partial charge >= 0.3 is 0 Å². The molecule has 0 bridgehead atoms. The van der Waals surface area contributed by atoms with Gasteiger partial charge in [-0.1, -0.05) is 37.3 Å². The Bertz CT molecular complexity index is 596. The van der Waals surface area contributed by atoms with Gasteiger partial charge in [0.05, 0.1) is 5.56 Å². The number of anilines is 2. The van der Waals surface area contributed by atoms with Gasteiger partial charge in [0.1, 0.15) is 10.8 Å². The van der Waals surface area contributed by atoms with E-state index in [1.807, 2.05) is 6.07 Å². The molecule has 3 rings (SSSR count). The number of nitrogens with zero attached hydrogens (tertiary/aromatic N) is 3. The lowest BCUT2D eigenvalue weighted by Crippen LogP contribution is -2.51. The average Bonchev–Trinajstić information content (AvgIpc) is 2.90. The molecule has 0 spiro atoms. The second-order valence-corrected chi connectivity index (χ2v) is 6.35. The summed E-state index contributed by atoms with van der Waals surface area (Å²) in [6, 6.07) is 10.9. The number of hydrogen-bond acceptors (Lipinski definition) is 5. The predicted molar refractivity (Wildman–Crippen MR) is 90.9 cm³/mol. The molecule has 1 aliphatic rings. The molecular formula is C16H22N4S. The van der Waals surface area contributed by atoms with Crippen LogP contribution in [0.15, 0.2) is 30.3 Å². The minimum Gasteiger partial charge on any atom is -0.382 e. The number of hydrogen-bond donors (Lipinski definition) is 1. The van der Waals surface area contributed by atoms with E-state index in [-0.39, 0.29) is 0 Å². The molecule has 1 atom stereocenters. The summed E-state index contributed by atoms with van der Waals surface area (Å²) in [5.41, 5.74) is 8.39. The van der Waals surface area contributed by atoms with Gasteiger partial charge in [-0.15, -0.1) is 0 Å². The predicted octanol–water partition coefficient (Wildman–Crippen LogP) is 2.92. The van der Waals surface area contributed by atoms with Crippen LogP contribution in [0.4, 0.5) is 10.8 Å². The highest BCUT2D eigenvalue weighted by Gasteiger charge is 2.27. The lowest BCUT2D eigenvalue weighted by Gasteiger charge is -2.39. The highest BCUT2D eigenvalue weighted by atomic mass is 32.1. The Balaban J connectivity index is 1.93. The van der Waals surface area contributed by atoms with Crippen LogP contribution in [0.5, 0.6) is 0 Å². The van der Waals surface area contributed by atoms with Gasteiger partial charge in [0.15, 0.2) is 0 Å². The molecule has 1 unspecified atom stereocenters. The number of benzene rings is 1. The summed E-state index contributed by atoms with van der Waals surface area (Å²) in [4.78, 5) is 4.90. The highest BCUT2D eigenvalue weighted by molar-refractivity contribution is 7.11. The fraction of sp³-hybridized carbons (Fsp3) is 0.438. The molecule has 4 nitrogen and oxygen atoms in total. The Morgan fingerprint density at radius 1 is 1.29 bits per heavy atom. The first-order valence-electron chi connectivity index (χ1n) is 7.46. The van der Waals surface area contributed by atoms with E-state index in [4.69, 9.17) is 5.73 Å². The molecule has 1 fully saturated rings. The normalized spacial score (nSPS) is 19.9. The van der Waals surface area contributed by atoms with Gasteiger partial charge in [0, 0.05) is 25.7 Å². The molecule has 1 aliphatic heterocycles. The van der Waals surface area contributed by atoms with Crippen molar-refractivity contribution in [2.75, 3.05) is 37.3 Å². The minimum absolute atomic E-state index is 0.602. The molecule has 112 valence electrons. The molecule has 1 aromatic carbocycles. The second-order valence-electron chi connectivity index (χ2n) is 5.60. The van der Waals surface area contributed by atoms with Gasteiger partial charge in [-0.3, -0.25) is 4.90 Å². The summed E-state index contributed by atoms with van der Waals surface area (Å²) in [6.07, 6.45) is 1.17. The largest absolute Gasteiger partial charge is 0.382 e. The molecule has 5 heteroatoms. The van der Waals surface area contributed by atoms with E-state index < -0.39 is 0 Å². The van der Waals surface area contributed by atoms with Crippen LogP contribution in [0.1, 0.15) is 13.3 Å². The number of piperazine rings is 1. The van der Waals surface area contributed by atoms with E-state index >= 15 is 0 Å². The number of nitrogen functional groups attached to an aromatic ring is 1. The Morgan fingerprint density at radius 3 is 2.76 bits per heavy atom. The molecule has 2 aromatic rings. The number of nitrogens with two attached hydrogens (primary N) is 1. The van der Waals surface area contributed by atoms with Crippen molar-refractivity contribution in [3.05, 3.63) is 30.3 Å². The van der Waals surface area contributed by atoms with Crippen LogP contribution in [-0.4, -0.2) is 42.0 Å². The van der Waals surface area contributed by atoms with E-state index in [9.17, 15) is 0 Å². The van der Waals surface area contributed by atoms with Gasteiger partial charge in [0.2, 0.25) is 0 Å². The molecule has 0 amide bonds. The van der Waals surface area contributed by atoms with Crippen LogP contribution in [0.2, 0.25) is 0 Å². The average molecular weight is 302 g/mol. The lowest BCUT2D eigenvalue weighted by atomic mass is 10.1. The smallest absolute Gasteiger partial charge is 0.147 e. The number of rotatable bonds is 3. The van der Waals surface area contributed by atoms with Gasteiger partial charge in [-0.25, -0.2) is 0 Å². The monoisotopic (exact) mass is 302 g/mol. The molecule has 0 aliphatic carbocycles. The van der Waals surface area contributed by atoms with Gasteiger partial charge in [-0.05, 0) is 30.6 Å². The molecule has 1 saturated heterocycles. The summed E-state index contributed by atoms with van der Waals surface area (Å²) >= 11 is 1.52. The Labute approximate surface area is 130 Å². The van der Waals surface area contributed by atoms with Gasteiger partial charge in [0.25, 0.3) is 0 Å². The maximum atomic E-state index is 6.14. The van der Waals surface area contributed by atoms with Crippen molar-refractivity contribution < 1.29 is 0 Å². The summed E-state index contributed by atoms with van der Waals surface area (Å²) in [6.45, 7) is 5.43. The van der Waals surface area contributed by atoms with Crippen LogP contribution in [0.3, 0.4) is 0 Å². The van der Waals surface area contributed by atoms with E-state index in [2.05, 4.69) is 52.4 Å². The topological polar surface area (TPSA) is 45.4 Å². The van der Waals surface area contributed by atoms with Crippen molar-refractivity contribution in [3.8, 4) is 11.1 Å². The third-order valence-corrected chi connectivity index (χ3v) is 5.22. The Morgan fingerprint density at radius 2 is 2.05 bits per heavy atom. The molecule has 21 heavy (non-hydrogen) atoms. The first-order chi connectivity index (χ1) is 10.2. The van der Waals surface area contributed by atoms with Crippen molar-refractivity contribution in [1.82, 2.24) is 9.27 Å². The summed E-state index contributed by atoms with van der Waals surface area (Å²) in [5.74, 6) is 0.646. The zero-order valence-electron chi connectivity index (χ0n) is 12.6. The third kappa shape index (κ3) is 2.76. The van der Waals surface area contributed by atoms with E-state index in [1.165, 1.54) is 23.0 Å². The zero-order chi connectivity index (χ0) is 14.8. The fourth-order valence-corrected chi connectivity index (χ4v) is 3.83. The molecule has 2 N–H and O–H groups in total. The molecule has 2 heterocycles. The molecule has 0 saturated carbocycles. The minimum atomic E-state index is 0.602. The summed E-state index contributed by atoms with van der Waals surface area (Å²) < 4.78 is 4.40. The molecular weight excluding hydrogens is 280 g/mol. The van der Waals surface area contributed by atoms with Crippen molar-refractivity contribution >= 4 is 22.4 Å². The van der Waals surface area contributed by atoms with Crippen molar-refractivity contribution in [1.29, 1.82) is 0 Å². The fourth-order valence-electron chi connectivity index (χ4n) is 2.96. The zero-order valence-corrected chi connectivity index (χ0v) is 13.4. The van der Waals surface area contributed by atoms with Crippen LogP contribution < -0.4 is 10.6 Å². The van der Waals surface area contributed by atoms with Crippen LogP contribution in [0, 0.1) is 0 Å². The Kier molecular flexibility index (Phi) is 4.12. The quantitative estimate of drug-likeness (QED) is 0.947. The standard InChI is InChI=1S/C16H22N4S/c1-3-13-11-20(10-9-19(13)2)16-14(15(17)18-21-16)12-7-5-4-6-8-12/h4-8,13H,3,9-11H2,1-2H3,(H2,17,18). The maximum Gasteiger partial charge on any atom is 0.147 e. The van der Waals surface area contributed by atoms with Crippen LogP contribution in [0.25, 0.3) is 11.1 Å². The van der Waals surface area contributed by atoms with Gasteiger partial charge < -0.3 is 10.6 Å². The summed E-state index contributed by atoms with van der Waals surface area (Å²) in [5, 5.41) is 1.21. The van der Waals surface area contributed by atoms with Crippen LogP contribution in [-0.2, 0) is 0 Å². The second kappa shape index (κ2) is 6.03. The first-order valence-corrected chi connectivity index (χ1v) is 8.23. The first kappa shape index (κ1) is 14.4. The molecule has 0 radical (unpaired) electrons. The highest BCUT2D eigenvalue weighted by Crippen LogP contribution is 2.39. The SMILES string of the molecule is CCC1CN(c2snc(N)c2-c2ccccc2)CCN1C.